The molecule has 2 N–H and O–H groups in total. The Morgan fingerprint density at radius 1 is 0.684 bits per heavy atom. The molecule has 0 aliphatic rings. The molecule has 0 spiro atoms. The SMILES string of the molecule is Nc1ccc(-c2ccncc2)c(-c2ccncc2)n1. The van der Waals surface area contributed by atoms with Crippen LogP contribution in [0.2, 0.25) is 0 Å². The predicted molar refractivity (Wildman–Crippen MR) is 75.1 cm³/mol. The van der Waals surface area contributed by atoms with E-state index in [1.54, 1.807) is 30.9 Å². The van der Waals surface area contributed by atoms with Crippen molar-refractivity contribution in [1.29, 1.82) is 0 Å². The monoisotopic (exact) mass is 248 g/mol. The van der Waals surface area contributed by atoms with Crippen LogP contribution in [0.3, 0.4) is 0 Å². The average Bonchev–Trinajstić information content (AvgIpc) is 2.49. The highest BCUT2D eigenvalue weighted by Crippen LogP contribution is 2.30. The van der Waals surface area contributed by atoms with Gasteiger partial charge in [-0.2, -0.15) is 0 Å². The first kappa shape index (κ1) is 11.3. The van der Waals surface area contributed by atoms with Crippen LogP contribution in [-0.2, 0) is 0 Å². The Bertz CT molecular complexity index is 681. The Morgan fingerprint density at radius 3 is 1.89 bits per heavy atom. The van der Waals surface area contributed by atoms with Crippen LogP contribution in [0.15, 0.2) is 61.2 Å². The molecule has 0 radical (unpaired) electrons. The van der Waals surface area contributed by atoms with Gasteiger partial charge in [-0.1, -0.05) is 0 Å². The highest BCUT2D eigenvalue weighted by Gasteiger charge is 2.09. The van der Waals surface area contributed by atoms with Crippen LogP contribution in [0, 0.1) is 0 Å². The minimum atomic E-state index is 0.504. The van der Waals surface area contributed by atoms with Crippen LogP contribution in [0.25, 0.3) is 22.4 Å². The molecule has 3 heterocycles. The number of aromatic nitrogens is 3. The summed E-state index contributed by atoms with van der Waals surface area (Å²) >= 11 is 0. The molecule has 0 saturated carbocycles. The lowest BCUT2D eigenvalue weighted by atomic mass is 10.0. The van der Waals surface area contributed by atoms with Crippen molar-refractivity contribution in [3.63, 3.8) is 0 Å². The van der Waals surface area contributed by atoms with E-state index in [1.165, 1.54) is 0 Å². The fourth-order valence-corrected chi connectivity index (χ4v) is 1.97. The van der Waals surface area contributed by atoms with Crippen LogP contribution in [0.4, 0.5) is 5.82 Å². The average molecular weight is 248 g/mol. The number of nitrogen functional groups attached to an aromatic ring is 1. The molecule has 4 nitrogen and oxygen atoms in total. The normalized spacial score (nSPS) is 10.3. The molecule has 3 aromatic rings. The number of hydrogen-bond donors (Lipinski definition) is 1. The standard InChI is InChI=1S/C15H12N4/c16-14-2-1-13(11-3-7-17-8-4-11)15(19-14)12-5-9-18-10-6-12/h1-10H,(H2,16,19). The van der Waals surface area contributed by atoms with Gasteiger partial charge < -0.3 is 5.73 Å². The Kier molecular flexibility index (Phi) is 2.90. The lowest BCUT2D eigenvalue weighted by Crippen LogP contribution is -1.95. The molecule has 4 heteroatoms. The summed E-state index contributed by atoms with van der Waals surface area (Å²) in [5, 5.41) is 0. The first-order chi connectivity index (χ1) is 9.34. The second kappa shape index (κ2) is 4.86. The van der Waals surface area contributed by atoms with Crippen LogP contribution >= 0.6 is 0 Å². The summed E-state index contributed by atoms with van der Waals surface area (Å²) in [6.07, 6.45) is 7.02. The lowest BCUT2D eigenvalue weighted by Gasteiger charge is -2.09. The Morgan fingerprint density at radius 2 is 1.26 bits per heavy atom. The van der Waals surface area contributed by atoms with E-state index in [0.717, 1.165) is 22.4 Å². The van der Waals surface area contributed by atoms with Crippen molar-refractivity contribution < 1.29 is 0 Å². The number of anilines is 1. The van der Waals surface area contributed by atoms with E-state index in [0.29, 0.717) is 5.82 Å². The Balaban J connectivity index is 2.21. The van der Waals surface area contributed by atoms with Crippen LogP contribution in [-0.4, -0.2) is 15.0 Å². The van der Waals surface area contributed by atoms with Gasteiger partial charge in [0.15, 0.2) is 0 Å². The van der Waals surface area contributed by atoms with E-state index in [-0.39, 0.29) is 0 Å². The number of nitrogens with zero attached hydrogens (tertiary/aromatic N) is 3. The molecular weight excluding hydrogens is 236 g/mol. The second-order valence-corrected chi connectivity index (χ2v) is 4.10. The highest BCUT2D eigenvalue weighted by atomic mass is 14.8. The summed E-state index contributed by atoms with van der Waals surface area (Å²) in [6.45, 7) is 0. The summed E-state index contributed by atoms with van der Waals surface area (Å²) in [5.74, 6) is 0.504. The van der Waals surface area contributed by atoms with Gasteiger partial charge in [0.2, 0.25) is 0 Å². The molecular formula is C15H12N4. The number of rotatable bonds is 2. The predicted octanol–water partition coefficient (Wildman–Crippen LogP) is 2.79. The lowest BCUT2D eigenvalue weighted by molar-refractivity contribution is 1.28. The fourth-order valence-electron chi connectivity index (χ4n) is 1.97. The van der Waals surface area contributed by atoms with Gasteiger partial charge in [-0.25, -0.2) is 4.98 Å². The zero-order chi connectivity index (χ0) is 13.1. The molecule has 0 bridgehead atoms. The largest absolute Gasteiger partial charge is 0.384 e. The van der Waals surface area contributed by atoms with Gasteiger partial charge in [0.05, 0.1) is 5.69 Å². The number of hydrogen-bond acceptors (Lipinski definition) is 4. The van der Waals surface area contributed by atoms with Gasteiger partial charge in [-0.3, -0.25) is 9.97 Å². The van der Waals surface area contributed by atoms with Crippen molar-refractivity contribution in [2.75, 3.05) is 5.73 Å². The molecule has 3 rings (SSSR count). The van der Waals surface area contributed by atoms with Crippen molar-refractivity contribution in [3.05, 3.63) is 61.2 Å². The second-order valence-electron chi connectivity index (χ2n) is 4.10. The van der Waals surface area contributed by atoms with Crippen LogP contribution in [0.5, 0.6) is 0 Å². The molecule has 0 aromatic carbocycles. The molecule has 0 saturated heterocycles. The van der Waals surface area contributed by atoms with Crippen molar-refractivity contribution in [3.8, 4) is 22.4 Å². The van der Waals surface area contributed by atoms with Crippen molar-refractivity contribution in [2.45, 2.75) is 0 Å². The molecule has 92 valence electrons. The first-order valence-electron chi connectivity index (χ1n) is 5.92. The Labute approximate surface area is 111 Å². The molecule has 0 unspecified atom stereocenters. The third-order valence-corrected chi connectivity index (χ3v) is 2.86. The maximum atomic E-state index is 5.80. The van der Waals surface area contributed by atoms with E-state index in [4.69, 9.17) is 5.73 Å². The van der Waals surface area contributed by atoms with Crippen LogP contribution in [0.1, 0.15) is 0 Å². The van der Waals surface area contributed by atoms with Crippen LogP contribution < -0.4 is 5.73 Å². The van der Waals surface area contributed by atoms with E-state index in [9.17, 15) is 0 Å². The van der Waals surface area contributed by atoms with Crippen molar-refractivity contribution in [1.82, 2.24) is 15.0 Å². The summed E-state index contributed by atoms with van der Waals surface area (Å²) in [5.41, 5.74) is 9.75. The molecule has 0 aliphatic heterocycles. The van der Waals surface area contributed by atoms with E-state index in [2.05, 4.69) is 15.0 Å². The minimum Gasteiger partial charge on any atom is -0.384 e. The zero-order valence-electron chi connectivity index (χ0n) is 10.2. The smallest absolute Gasteiger partial charge is 0.124 e. The maximum Gasteiger partial charge on any atom is 0.124 e. The maximum absolute atomic E-state index is 5.80. The molecule has 0 atom stereocenters. The molecule has 0 aliphatic carbocycles. The van der Waals surface area contributed by atoms with Gasteiger partial charge >= 0.3 is 0 Å². The Hall–Kier alpha value is -2.75. The van der Waals surface area contributed by atoms with E-state index >= 15 is 0 Å². The fraction of sp³-hybridized carbons (Fsp3) is 0. The molecule has 0 fully saturated rings. The molecule has 0 amide bonds. The summed E-state index contributed by atoms with van der Waals surface area (Å²) in [7, 11) is 0. The quantitative estimate of drug-likeness (QED) is 0.757. The summed E-state index contributed by atoms with van der Waals surface area (Å²) in [6, 6.07) is 11.5. The highest BCUT2D eigenvalue weighted by molar-refractivity contribution is 5.81. The first-order valence-corrected chi connectivity index (χ1v) is 5.92. The molecule has 3 aromatic heterocycles. The van der Waals surface area contributed by atoms with Gasteiger partial charge in [0.1, 0.15) is 5.82 Å². The topological polar surface area (TPSA) is 64.7 Å². The van der Waals surface area contributed by atoms with E-state index in [1.807, 2.05) is 30.3 Å². The summed E-state index contributed by atoms with van der Waals surface area (Å²) < 4.78 is 0. The number of nitrogens with two attached hydrogens (primary N) is 1. The van der Waals surface area contributed by atoms with Gasteiger partial charge in [0.25, 0.3) is 0 Å². The third kappa shape index (κ3) is 2.28. The van der Waals surface area contributed by atoms with Gasteiger partial charge in [-0.05, 0) is 42.0 Å². The van der Waals surface area contributed by atoms with Gasteiger partial charge in [0, 0.05) is 35.9 Å². The minimum absolute atomic E-state index is 0.504. The van der Waals surface area contributed by atoms with Crippen molar-refractivity contribution in [2.24, 2.45) is 0 Å². The van der Waals surface area contributed by atoms with E-state index < -0.39 is 0 Å². The number of pyridine rings is 3. The zero-order valence-corrected chi connectivity index (χ0v) is 10.2. The molecule has 19 heavy (non-hydrogen) atoms. The summed E-state index contributed by atoms with van der Waals surface area (Å²) in [4.78, 5) is 12.5. The third-order valence-electron chi connectivity index (χ3n) is 2.86. The van der Waals surface area contributed by atoms with Gasteiger partial charge in [-0.15, -0.1) is 0 Å². The van der Waals surface area contributed by atoms with Crippen molar-refractivity contribution >= 4 is 5.82 Å².